The first-order valence-corrected chi connectivity index (χ1v) is 10.9. The number of halogens is 2. The van der Waals surface area contributed by atoms with Crippen molar-refractivity contribution >= 4 is 56.3 Å². The Kier molecular flexibility index (Phi) is 5.75. The third kappa shape index (κ3) is 4.17. The lowest BCUT2D eigenvalue weighted by molar-refractivity contribution is -0.116. The van der Waals surface area contributed by atoms with E-state index in [0.717, 1.165) is 15.0 Å². The lowest BCUT2D eigenvalue weighted by atomic mass is 10.2. The van der Waals surface area contributed by atoms with Gasteiger partial charge >= 0.3 is 5.69 Å². The number of anilines is 1. The second kappa shape index (κ2) is 8.34. The molecule has 0 spiro atoms. The van der Waals surface area contributed by atoms with E-state index in [1.165, 1.54) is 22.0 Å². The topological polar surface area (TPSA) is 73.1 Å². The van der Waals surface area contributed by atoms with Gasteiger partial charge in [0.2, 0.25) is 5.91 Å². The molecule has 0 saturated heterocycles. The Bertz CT molecular complexity index is 1450. The highest BCUT2D eigenvalue weighted by atomic mass is 35.5. The highest BCUT2D eigenvalue weighted by molar-refractivity contribution is 7.18. The van der Waals surface area contributed by atoms with Gasteiger partial charge in [-0.3, -0.25) is 14.2 Å². The van der Waals surface area contributed by atoms with Crippen molar-refractivity contribution in [2.45, 2.75) is 20.4 Å². The van der Waals surface area contributed by atoms with Crippen molar-refractivity contribution in [2.24, 2.45) is 0 Å². The number of amides is 1. The number of benzene rings is 2. The van der Waals surface area contributed by atoms with Gasteiger partial charge in [0.25, 0.3) is 5.56 Å². The number of aromatic nitrogens is 2. The predicted molar refractivity (Wildman–Crippen MR) is 126 cm³/mol. The minimum Gasteiger partial charge on any atom is -0.324 e. The van der Waals surface area contributed by atoms with E-state index in [1.54, 1.807) is 42.5 Å². The zero-order chi connectivity index (χ0) is 22.3. The molecule has 0 fully saturated rings. The van der Waals surface area contributed by atoms with Crippen molar-refractivity contribution < 1.29 is 4.79 Å². The second-order valence-corrected chi connectivity index (χ2v) is 9.18. The number of thiophene rings is 1. The van der Waals surface area contributed by atoms with Gasteiger partial charge in [0.1, 0.15) is 11.4 Å². The van der Waals surface area contributed by atoms with E-state index in [2.05, 4.69) is 5.32 Å². The van der Waals surface area contributed by atoms with Crippen LogP contribution in [0.4, 0.5) is 5.69 Å². The molecule has 2 aromatic heterocycles. The number of hydrogen-bond donors (Lipinski definition) is 1. The van der Waals surface area contributed by atoms with Gasteiger partial charge in [-0.15, -0.1) is 11.3 Å². The summed E-state index contributed by atoms with van der Waals surface area (Å²) in [6.07, 6.45) is 0. The first kappa shape index (κ1) is 21.4. The molecule has 0 aliphatic heterocycles. The lowest BCUT2D eigenvalue weighted by Crippen LogP contribution is -2.40. The van der Waals surface area contributed by atoms with Gasteiger partial charge in [-0.25, -0.2) is 9.36 Å². The maximum atomic E-state index is 13.3. The summed E-state index contributed by atoms with van der Waals surface area (Å²) < 4.78 is 2.36. The van der Waals surface area contributed by atoms with Crippen LogP contribution in [0.2, 0.25) is 10.0 Å². The summed E-state index contributed by atoms with van der Waals surface area (Å²) >= 11 is 13.3. The average Bonchev–Trinajstić information content (AvgIpc) is 3.09. The molecular formula is C22H17Cl2N3O3S. The largest absolute Gasteiger partial charge is 0.337 e. The van der Waals surface area contributed by atoms with Gasteiger partial charge in [-0.05, 0) is 61.9 Å². The Morgan fingerprint density at radius 1 is 1.03 bits per heavy atom. The van der Waals surface area contributed by atoms with Crippen LogP contribution in [0.25, 0.3) is 15.9 Å². The second-order valence-electron chi connectivity index (χ2n) is 7.07. The molecule has 2 aromatic carbocycles. The molecule has 6 nitrogen and oxygen atoms in total. The van der Waals surface area contributed by atoms with Gasteiger partial charge < -0.3 is 5.32 Å². The van der Waals surface area contributed by atoms with Crippen LogP contribution in [0.15, 0.2) is 58.1 Å². The minimum atomic E-state index is -0.607. The minimum absolute atomic E-state index is 0.252. The molecule has 4 aromatic rings. The summed E-state index contributed by atoms with van der Waals surface area (Å²) in [6, 6.07) is 13.3. The molecule has 0 aliphatic carbocycles. The summed E-state index contributed by atoms with van der Waals surface area (Å²) in [5.41, 5.74) is 0.691. The summed E-state index contributed by atoms with van der Waals surface area (Å²) in [7, 11) is 0. The van der Waals surface area contributed by atoms with Crippen LogP contribution < -0.4 is 16.6 Å². The van der Waals surface area contributed by atoms with Crippen molar-refractivity contribution in [3.8, 4) is 5.69 Å². The molecule has 4 rings (SSSR count). The Morgan fingerprint density at radius 3 is 2.48 bits per heavy atom. The van der Waals surface area contributed by atoms with E-state index in [0.29, 0.717) is 31.6 Å². The molecule has 158 valence electrons. The highest BCUT2D eigenvalue weighted by Crippen LogP contribution is 2.23. The number of hydrogen-bond acceptors (Lipinski definition) is 4. The molecule has 1 amide bonds. The van der Waals surface area contributed by atoms with Crippen LogP contribution >= 0.6 is 34.5 Å². The average molecular weight is 474 g/mol. The number of carbonyl (C=O) groups is 1. The van der Waals surface area contributed by atoms with Crippen LogP contribution in [0, 0.1) is 13.8 Å². The van der Waals surface area contributed by atoms with Crippen molar-refractivity contribution in [1.82, 2.24) is 9.13 Å². The zero-order valence-corrected chi connectivity index (χ0v) is 18.9. The molecule has 2 heterocycles. The van der Waals surface area contributed by atoms with Crippen LogP contribution in [0.3, 0.4) is 0 Å². The molecule has 31 heavy (non-hydrogen) atoms. The molecule has 0 saturated carbocycles. The molecule has 9 heteroatoms. The van der Waals surface area contributed by atoms with Crippen LogP contribution in [0.1, 0.15) is 10.4 Å². The first-order valence-electron chi connectivity index (χ1n) is 9.32. The zero-order valence-electron chi connectivity index (χ0n) is 16.6. The number of fused-ring (bicyclic) bond motifs is 1. The summed E-state index contributed by atoms with van der Waals surface area (Å²) in [4.78, 5) is 40.5. The van der Waals surface area contributed by atoms with Crippen LogP contribution in [0.5, 0.6) is 0 Å². The van der Waals surface area contributed by atoms with Crippen molar-refractivity contribution in [2.75, 3.05) is 5.32 Å². The smallest absolute Gasteiger partial charge is 0.324 e. The molecule has 0 bridgehead atoms. The third-order valence-electron chi connectivity index (χ3n) is 4.77. The van der Waals surface area contributed by atoms with Gasteiger partial charge in [0, 0.05) is 20.6 Å². The molecule has 0 radical (unpaired) electrons. The summed E-state index contributed by atoms with van der Waals surface area (Å²) in [6.45, 7) is 3.42. The normalized spacial score (nSPS) is 11.1. The fraction of sp³-hybridized carbons (Fsp3) is 0.136. The van der Waals surface area contributed by atoms with Gasteiger partial charge in [0.15, 0.2) is 0 Å². The van der Waals surface area contributed by atoms with Gasteiger partial charge in [-0.2, -0.15) is 0 Å². The molecular weight excluding hydrogens is 457 g/mol. The lowest BCUT2D eigenvalue weighted by Gasteiger charge is -2.13. The van der Waals surface area contributed by atoms with E-state index in [1.807, 2.05) is 13.8 Å². The van der Waals surface area contributed by atoms with E-state index in [-0.39, 0.29) is 6.54 Å². The first-order chi connectivity index (χ1) is 14.7. The van der Waals surface area contributed by atoms with Crippen molar-refractivity contribution in [3.63, 3.8) is 0 Å². The van der Waals surface area contributed by atoms with E-state index < -0.39 is 17.2 Å². The third-order valence-corrected chi connectivity index (χ3v) is 6.31. The molecule has 1 N–H and O–H groups in total. The predicted octanol–water partition coefficient (Wildman–Crippen LogP) is 4.78. The van der Waals surface area contributed by atoms with Crippen LogP contribution in [-0.2, 0) is 11.3 Å². The Labute approximate surface area is 191 Å². The fourth-order valence-electron chi connectivity index (χ4n) is 3.35. The number of nitrogens with one attached hydrogen (secondary N) is 1. The number of aryl methyl sites for hydroxylation is 2. The maximum Gasteiger partial charge on any atom is 0.337 e. The number of carbonyl (C=O) groups excluding carboxylic acids is 1. The maximum absolute atomic E-state index is 13.3. The summed E-state index contributed by atoms with van der Waals surface area (Å²) in [5.74, 6) is -0.392. The van der Waals surface area contributed by atoms with Crippen molar-refractivity contribution in [1.29, 1.82) is 0 Å². The fourth-order valence-corrected chi connectivity index (χ4v) is 4.76. The molecule has 0 unspecified atom stereocenters. The number of rotatable bonds is 4. The monoisotopic (exact) mass is 473 g/mol. The molecule has 0 atom stereocenters. The Balaban J connectivity index is 1.82. The number of nitrogens with zero attached hydrogens (tertiary/aromatic N) is 2. The highest BCUT2D eigenvalue weighted by Gasteiger charge is 2.19. The van der Waals surface area contributed by atoms with Gasteiger partial charge in [0.05, 0.1) is 11.1 Å². The van der Waals surface area contributed by atoms with Crippen LogP contribution in [-0.4, -0.2) is 15.0 Å². The Morgan fingerprint density at radius 2 is 1.77 bits per heavy atom. The summed E-state index contributed by atoms with van der Waals surface area (Å²) in [5, 5.41) is 4.14. The quantitative estimate of drug-likeness (QED) is 0.463. The van der Waals surface area contributed by atoms with E-state index >= 15 is 0 Å². The SMILES string of the molecule is Cc1cc2c(=O)n(-c3cccc(Cl)c3)c(=O)n(CC(=O)Nc3ccc(Cl)cc3C)c2s1. The standard InChI is InChI=1S/C22H17Cl2N3O3S/c1-12-8-15(24)6-7-18(12)25-19(28)11-26-21-17(9-13(2)31-21)20(29)27(22(26)30)16-5-3-4-14(23)10-16/h3-10H,11H2,1-2H3,(H,25,28). The Hall–Kier alpha value is -2.87. The molecule has 0 aliphatic rings. The van der Waals surface area contributed by atoms with E-state index in [4.69, 9.17) is 23.2 Å². The van der Waals surface area contributed by atoms with Crippen molar-refractivity contribution in [3.05, 3.63) is 89.9 Å². The van der Waals surface area contributed by atoms with E-state index in [9.17, 15) is 14.4 Å². The van der Waals surface area contributed by atoms with Gasteiger partial charge in [-0.1, -0.05) is 29.3 Å².